The smallest absolute Gasteiger partial charge is 0.260 e. The molecule has 1 aliphatic rings. The number of rotatable bonds is 9. The van der Waals surface area contributed by atoms with E-state index < -0.39 is 21.9 Å². The number of halogens is 1. The number of carbonyl (C=O) groups is 1. The Morgan fingerprint density at radius 2 is 1.97 bits per heavy atom. The van der Waals surface area contributed by atoms with Crippen molar-refractivity contribution in [1.82, 2.24) is 9.21 Å². The maximum atomic E-state index is 14.0. The molecule has 0 aromatic heterocycles. The molecule has 180 valence electrons. The molecule has 1 aliphatic heterocycles. The summed E-state index contributed by atoms with van der Waals surface area (Å²) in [6, 6.07) is 13.0. The lowest BCUT2D eigenvalue weighted by atomic mass is 10.2. The Hall–Kier alpha value is -2.49. The van der Waals surface area contributed by atoms with E-state index in [0.717, 1.165) is 6.07 Å². The fraction of sp³-hybridized carbons (Fsp3) is 0.458. The largest absolute Gasteiger partial charge is 0.484 e. The molecule has 0 bridgehead atoms. The van der Waals surface area contributed by atoms with Gasteiger partial charge in [0.2, 0.25) is 10.0 Å². The van der Waals surface area contributed by atoms with Crippen molar-refractivity contribution in [1.29, 1.82) is 0 Å². The van der Waals surface area contributed by atoms with Crippen LogP contribution in [0.25, 0.3) is 0 Å². The maximum absolute atomic E-state index is 14.0. The number of amides is 1. The van der Waals surface area contributed by atoms with Crippen LogP contribution in [0.1, 0.15) is 19.4 Å². The summed E-state index contributed by atoms with van der Waals surface area (Å²) in [6.07, 6.45) is -0.497. The Morgan fingerprint density at radius 1 is 1.24 bits per heavy atom. The van der Waals surface area contributed by atoms with Crippen LogP contribution in [-0.2, 0) is 19.6 Å². The fourth-order valence-corrected chi connectivity index (χ4v) is 5.09. The summed E-state index contributed by atoms with van der Waals surface area (Å²) < 4.78 is 52.8. The van der Waals surface area contributed by atoms with E-state index in [0.29, 0.717) is 17.9 Å². The van der Waals surface area contributed by atoms with Crippen LogP contribution in [0.3, 0.4) is 0 Å². The highest BCUT2D eigenvalue weighted by atomic mass is 32.2. The van der Waals surface area contributed by atoms with E-state index in [2.05, 4.69) is 0 Å². The van der Waals surface area contributed by atoms with Gasteiger partial charge in [0.15, 0.2) is 6.61 Å². The summed E-state index contributed by atoms with van der Waals surface area (Å²) in [7, 11) is -3.87. The molecule has 0 saturated carbocycles. The Bertz CT molecular complexity index is 1050. The molecule has 2 aromatic carbocycles. The number of ether oxygens (including phenoxy) is 2. The number of morpholine rings is 1. The van der Waals surface area contributed by atoms with Crippen LogP contribution in [0.4, 0.5) is 4.39 Å². The Kier molecular flexibility index (Phi) is 8.45. The van der Waals surface area contributed by atoms with Gasteiger partial charge in [-0.15, -0.1) is 0 Å². The highest BCUT2D eigenvalue weighted by Gasteiger charge is 2.33. The number of benzene rings is 2. The van der Waals surface area contributed by atoms with Gasteiger partial charge < -0.3 is 14.4 Å². The zero-order valence-electron chi connectivity index (χ0n) is 19.2. The van der Waals surface area contributed by atoms with E-state index in [1.165, 1.54) is 16.4 Å². The summed E-state index contributed by atoms with van der Waals surface area (Å²) in [5.74, 6) is 0.0567. The van der Waals surface area contributed by atoms with E-state index in [1.807, 2.05) is 32.0 Å². The van der Waals surface area contributed by atoms with E-state index in [4.69, 9.17) is 9.47 Å². The van der Waals surface area contributed by atoms with E-state index in [1.54, 1.807) is 24.0 Å². The van der Waals surface area contributed by atoms with Gasteiger partial charge in [0, 0.05) is 26.2 Å². The SMILES string of the molecule is Cc1ccc(S(=O)(=O)N2CCOC(CN(CC(C)C)C(=O)COc3ccccc3)C2)cc1F. The van der Waals surface area contributed by atoms with Gasteiger partial charge in [-0.1, -0.05) is 38.1 Å². The third-order valence-electron chi connectivity index (χ3n) is 5.35. The molecule has 7 nitrogen and oxygen atoms in total. The first kappa shape index (κ1) is 25.1. The Morgan fingerprint density at radius 3 is 2.64 bits per heavy atom. The number of carbonyl (C=O) groups excluding carboxylic acids is 1. The molecule has 3 rings (SSSR count). The van der Waals surface area contributed by atoms with Crippen molar-refractivity contribution in [3.63, 3.8) is 0 Å². The molecule has 0 radical (unpaired) electrons. The second kappa shape index (κ2) is 11.1. The number of nitrogens with zero attached hydrogens (tertiary/aromatic N) is 2. The van der Waals surface area contributed by atoms with Crippen molar-refractivity contribution in [2.75, 3.05) is 39.4 Å². The molecule has 1 saturated heterocycles. The van der Waals surface area contributed by atoms with Crippen molar-refractivity contribution < 1.29 is 27.1 Å². The molecule has 33 heavy (non-hydrogen) atoms. The molecule has 0 N–H and O–H groups in total. The third kappa shape index (κ3) is 6.75. The van der Waals surface area contributed by atoms with Crippen molar-refractivity contribution in [2.45, 2.75) is 31.8 Å². The van der Waals surface area contributed by atoms with Gasteiger partial charge in [-0.2, -0.15) is 4.31 Å². The lowest BCUT2D eigenvalue weighted by molar-refractivity contribution is -0.136. The molecule has 1 heterocycles. The van der Waals surface area contributed by atoms with Gasteiger partial charge in [0.05, 0.1) is 17.6 Å². The van der Waals surface area contributed by atoms with Gasteiger partial charge in [0.1, 0.15) is 11.6 Å². The van der Waals surface area contributed by atoms with E-state index in [9.17, 15) is 17.6 Å². The molecule has 1 atom stereocenters. The second-order valence-electron chi connectivity index (χ2n) is 8.56. The van der Waals surface area contributed by atoms with Crippen LogP contribution in [0.5, 0.6) is 5.75 Å². The number of sulfonamides is 1. The number of para-hydroxylation sites is 1. The first-order valence-corrected chi connectivity index (χ1v) is 12.4. The molecule has 0 aliphatic carbocycles. The highest BCUT2D eigenvalue weighted by Crippen LogP contribution is 2.21. The number of hydrogen-bond donors (Lipinski definition) is 0. The quantitative estimate of drug-likeness (QED) is 0.554. The van der Waals surface area contributed by atoms with Crippen molar-refractivity contribution >= 4 is 15.9 Å². The molecule has 1 fully saturated rings. The van der Waals surface area contributed by atoms with E-state index in [-0.39, 0.29) is 49.6 Å². The summed E-state index contributed by atoms with van der Waals surface area (Å²) in [5.41, 5.74) is 0.384. The molecular formula is C24H31FN2O5S. The predicted octanol–water partition coefficient (Wildman–Crippen LogP) is 3.09. The predicted molar refractivity (Wildman–Crippen MR) is 123 cm³/mol. The minimum atomic E-state index is -3.87. The van der Waals surface area contributed by atoms with Crippen molar-refractivity contribution in [3.8, 4) is 5.75 Å². The molecular weight excluding hydrogens is 447 g/mol. The van der Waals surface area contributed by atoms with Gasteiger partial charge in [0.25, 0.3) is 5.91 Å². The lowest BCUT2D eigenvalue weighted by Gasteiger charge is -2.35. The van der Waals surface area contributed by atoms with Crippen LogP contribution in [0.2, 0.25) is 0 Å². The fourth-order valence-electron chi connectivity index (χ4n) is 3.62. The van der Waals surface area contributed by atoms with Crippen LogP contribution in [0.15, 0.2) is 53.4 Å². The zero-order valence-corrected chi connectivity index (χ0v) is 20.1. The summed E-state index contributed by atoms with van der Waals surface area (Å²) in [6.45, 7) is 6.65. The van der Waals surface area contributed by atoms with Gasteiger partial charge in [-0.05, 0) is 42.7 Å². The lowest BCUT2D eigenvalue weighted by Crippen LogP contribution is -2.51. The highest BCUT2D eigenvalue weighted by molar-refractivity contribution is 7.89. The van der Waals surface area contributed by atoms with Crippen LogP contribution in [-0.4, -0.2) is 69.0 Å². The Labute approximate surface area is 195 Å². The molecule has 1 amide bonds. The van der Waals surface area contributed by atoms with Crippen LogP contribution in [0, 0.1) is 18.7 Å². The number of aryl methyl sites for hydroxylation is 1. The summed E-state index contributed by atoms with van der Waals surface area (Å²) in [5, 5.41) is 0. The number of hydrogen-bond acceptors (Lipinski definition) is 5. The molecule has 2 aromatic rings. The maximum Gasteiger partial charge on any atom is 0.260 e. The topological polar surface area (TPSA) is 76.2 Å². The van der Waals surface area contributed by atoms with Gasteiger partial charge in [-0.3, -0.25) is 4.79 Å². The second-order valence-corrected chi connectivity index (χ2v) is 10.5. The minimum absolute atomic E-state index is 0.0826. The van der Waals surface area contributed by atoms with Gasteiger partial charge in [-0.25, -0.2) is 12.8 Å². The molecule has 0 spiro atoms. The minimum Gasteiger partial charge on any atom is -0.484 e. The first-order chi connectivity index (χ1) is 15.7. The standard InChI is InChI=1S/C24H31FN2O5S/c1-18(2)14-26(24(28)17-32-20-7-5-4-6-8-20)15-21-16-27(11-12-31-21)33(29,30)22-10-9-19(3)23(25)13-22/h4-10,13,18,21H,11-12,14-17H2,1-3H3. The van der Waals surface area contributed by atoms with Crippen LogP contribution < -0.4 is 4.74 Å². The van der Waals surface area contributed by atoms with E-state index >= 15 is 0 Å². The first-order valence-electron chi connectivity index (χ1n) is 11.0. The summed E-state index contributed by atoms with van der Waals surface area (Å²) >= 11 is 0. The Balaban J connectivity index is 1.67. The normalized spacial score (nSPS) is 17.2. The average Bonchev–Trinajstić information content (AvgIpc) is 2.79. The monoisotopic (exact) mass is 478 g/mol. The molecule has 1 unspecified atom stereocenters. The molecule has 9 heteroatoms. The van der Waals surface area contributed by atoms with Crippen molar-refractivity contribution in [2.24, 2.45) is 5.92 Å². The summed E-state index contributed by atoms with van der Waals surface area (Å²) in [4.78, 5) is 14.4. The van der Waals surface area contributed by atoms with Crippen molar-refractivity contribution in [3.05, 3.63) is 59.9 Å². The van der Waals surface area contributed by atoms with Gasteiger partial charge >= 0.3 is 0 Å². The van der Waals surface area contributed by atoms with Crippen LogP contribution >= 0.6 is 0 Å². The third-order valence-corrected chi connectivity index (χ3v) is 7.21. The average molecular weight is 479 g/mol. The zero-order chi connectivity index (χ0) is 24.0.